The number of hydrogen-bond donors (Lipinski definition) is 1. The van der Waals surface area contributed by atoms with Gasteiger partial charge in [-0.1, -0.05) is 17.7 Å². The van der Waals surface area contributed by atoms with Crippen LogP contribution in [0.1, 0.15) is 38.3 Å². The second-order valence-corrected chi connectivity index (χ2v) is 7.48. The lowest BCUT2D eigenvalue weighted by molar-refractivity contribution is -0.117. The van der Waals surface area contributed by atoms with Crippen LogP contribution in [0.2, 0.25) is 0 Å². The summed E-state index contributed by atoms with van der Waals surface area (Å²) >= 11 is 0. The van der Waals surface area contributed by atoms with Crippen molar-refractivity contribution in [2.45, 2.75) is 33.7 Å². The van der Waals surface area contributed by atoms with Crippen molar-refractivity contribution in [3.8, 4) is 23.0 Å². The Morgan fingerprint density at radius 2 is 1.84 bits per heavy atom. The summed E-state index contributed by atoms with van der Waals surface area (Å²) in [5.74, 6) is 2.01. The van der Waals surface area contributed by atoms with Gasteiger partial charge in [0.25, 0.3) is 0 Å². The number of ether oxygens (including phenoxy) is 2. The SMILES string of the molecule is CCOc1ccc(NC(=O)CN(C)C(C)c2nnc(-c3cccc(C)c3)o2)cc1OCC. The van der Waals surface area contributed by atoms with Crippen LogP contribution < -0.4 is 14.8 Å². The van der Waals surface area contributed by atoms with Crippen molar-refractivity contribution in [1.29, 1.82) is 0 Å². The summed E-state index contributed by atoms with van der Waals surface area (Å²) < 4.78 is 17.0. The summed E-state index contributed by atoms with van der Waals surface area (Å²) in [6, 6.07) is 13.0. The van der Waals surface area contributed by atoms with Crippen molar-refractivity contribution in [3.05, 3.63) is 53.9 Å². The molecule has 2 aromatic carbocycles. The van der Waals surface area contributed by atoms with Crippen molar-refractivity contribution in [1.82, 2.24) is 15.1 Å². The Kier molecular flexibility index (Phi) is 7.83. The summed E-state index contributed by atoms with van der Waals surface area (Å²) in [7, 11) is 1.84. The molecule has 0 spiro atoms. The highest BCUT2D eigenvalue weighted by Gasteiger charge is 2.21. The van der Waals surface area contributed by atoms with Crippen LogP contribution in [0.5, 0.6) is 11.5 Å². The highest BCUT2D eigenvalue weighted by atomic mass is 16.5. The van der Waals surface area contributed by atoms with E-state index in [0.717, 1.165) is 11.1 Å². The lowest BCUT2D eigenvalue weighted by Crippen LogP contribution is -2.32. The molecule has 3 aromatic rings. The van der Waals surface area contributed by atoms with E-state index >= 15 is 0 Å². The minimum absolute atomic E-state index is 0.153. The molecule has 1 atom stereocenters. The lowest BCUT2D eigenvalue weighted by atomic mass is 10.1. The number of benzene rings is 2. The first-order valence-electron chi connectivity index (χ1n) is 10.7. The fraction of sp³-hybridized carbons (Fsp3) is 0.375. The van der Waals surface area contributed by atoms with Gasteiger partial charge in [-0.25, -0.2) is 0 Å². The quantitative estimate of drug-likeness (QED) is 0.499. The minimum atomic E-state index is -0.230. The average Bonchev–Trinajstić information content (AvgIpc) is 3.25. The number of nitrogens with one attached hydrogen (secondary N) is 1. The van der Waals surface area contributed by atoms with Crippen LogP contribution in [0.4, 0.5) is 5.69 Å². The van der Waals surface area contributed by atoms with Gasteiger partial charge < -0.3 is 19.2 Å². The monoisotopic (exact) mass is 438 g/mol. The van der Waals surface area contributed by atoms with Gasteiger partial charge in [0.2, 0.25) is 17.7 Å². The van der Waals surface area contributed by atoms with E-state index in [1.807, 2.05) is 63.9 Å². The van der Waals surface area contributed by atoms with Crippen molar-refractivity contribution in [2.75, 3.05) is 32.1 Å². The fourth-order valence-electron chi connectivity index (χ4n) is 3.18. The Hall–Kier alpha value is -3.39. The van der Waals surface area contributed by atoms with Gasteiger partial charge in [0.05, 0.1) is 25.8 Å². The third kappa shape index (κ3) is 5.85. The van der Waals surface area contributed by atoms with E-state index < -0.39 is 0 Å². The normalized spacial score (nSPS) is 11.9. The number of aromatic nitrogens is 2. The molecule has 170 valence electrons. The van der Waals surface area contributed by atoms with Crippen LogP contribution in [-0.4, -0.2) is 47.8 Å². The maximum atomic E-state index is 12.6. The molecule has 32 heavy (non-hydrogen) atoms. The second-order valence-electron chi connectivity index (χ2n) is 7.48. The Bertz CT molecular complexity index is 1050. The molecule has 1 aromatic heterocycles. The number of likely N-dealkylation sites (N-methyl/N-ethyl adjacent to an activating group) is 1. The minimum Gasteiger partial charge on any atom is -0.490 e. The zero-order valence-electron chi connectivity index (χ0n) is 19.2. The first kappa shape index (κ1) is 23.3. The summed E-state index contributed by atoms with van der Waals surface area (Å²) in [5, 5.41) is 11.2. The van der Waals surface area contributed by atoms with Crippen molar-refractivity contribution >= 4 is 11.6 Å². The molecule has 0 radical (unpaired) electrons. The molecule has 0 saturated carbocycles. The van der Waals surface area contributed by atoms with Gasteiger partial charge >= 0.3 is 0 Å². The number of carbonyl (C=O) groups excluding carboxylic acids is 1. The number of rotatable bonds is 10. The molecule has 0 aliphatic rings. The fourth-order valence-corrected chi connectivity index (χ4v) is 3.18. The highest BCUT2D eigenvalue weighted by Crippen LogP contribution is 2.31. The summed E-state index contributed by atoms with van der Waals surface area (Å²) in [4.78, 5) is 14.5. The lowest BCUT2D eigenvalue weighted by Gasteiger charge is -2.21. The standard InChI is InChI=1S/C24H30N4O4/c1-6-30-20-12-11-19(14-21(20)31-7-2)25-22(29)15-28(5)17(4)23-26-27-24(32-23)18-10-8-9-16(3)13-18/h8-14,17H,6-7,15H2,1-5H3,(H,25,29). The van der Waals surface area contributed by atoms with Gasteiger partial charge in [-0.3, -0.25) is 9.69 Å². The molecule has 8 heteroatoms. The van der Waals surface area contributed by atoms with Crippen LogP contribution in [-0.2, 0) is 4.79 Å². The van der Waals surface area contributed by atoms with Crippen molar-refractivity contribution < 1.29 is 18.7 Å². The predicted octanol–water partition coefficient (Wildman–Crippen LogP) is 4.47. The zero-order chi connectivity index (χ0) is 23.1. The summed E-state index contributed by atoms with van der Waals surface area (Å²) in [6.07, 6.45) is 0. The molecule has 3 rings (SSSR count). The number of aryl methyl sites for hydroxylation is 1. The van der Waals surface area contributed by atoms with Gasteiger partial charge in [0, 0.05) is 17.3 Å². The molecule has 1 unspecified atom stereocenters. The Morgan fingerprint density at radius 1 is 1.09 bits per heavy atom. The largest absolute Gasteiger partial charge is 0.490 e. The molecule has 1 N–H and O–H groups in total. The van der Waals surface area contributed by atoms with Crippen LogP contribution in [0.25, 0.3) is 11.5 Å². The van der Waals surface area contributed by atoms with Crippen LogP contribution in [0.3, 0.4) is 0 Å². The van der Waals surface area contributed by atoms with Gasteiger partial charge in [0.15, 0.2) is 11.5 Å². The third-order valence-corrected chi connectivity index (χ3v) is 4.94. The highest BCUT2D eigenvalue weighted by molar-refractivity contribution is 5.92. The first-order valence-corrected chi connectivity index (χ1v) is 10.7. The van der Waals surface area contributed by atoms with Gasteiger partial charge in [-0.05, 0) is 59.0 Å². The van der Waals surface area contributed by atoms with E-state index in [-0.39, 0.29) is 18.5 Å². The van der Waals surface area contributed by atoms with Crippen molar-refractivity contribution in [3.63, 3.8) is 0 Å². The smallest absolute Gasteiger partial charge is 0.247 e. The molecule has 0 saturated heterocycles. The van der Waals surface area contributed by atoms with Crippen LogP contribution in [0.15, 0.2) is 46.9 Å². The van der Waals surface area contributed by atoms with Gasteiger partial charge in [-0.2, -0.15) is 0 Å². The maximum Gasteiger partial charge on any atom is 0.247 e. The van der Waals surface area contributed by atoms with E-state index in [9.17, 15) is 4.79 Å². The second kappa shape index (κ2) is 10.8. The number of hydrogen-bond acceptors (Lipinski definition) is 7. The number of anilines is 1. The summed E-state index contributed by atoms with van der Waals surface area (Å²) in [5.41, 5.74) is 2.63. The molecule has 8 nitrogen and oxygen atoms in total. The van der Waals surface area contributed by atoms with Crippen molar-refractivity contribution in [2.24, 2.45) is 0 Å². The maximum absolute atomic E-state index is 12.6. The average molecular weight is 439 g/mol. The Balaban J connectivity index is 1.62. The molecule has 0 bridgehead atoms. The predicted molar refractivity (Wildman–Crippen MR) is 123 cm³/mol. The van der Waals surface area contributed by atoms with Gasteiger partial charge in [0.1, 0.15) is 0 Å². The number of amides is 1. The van der Waals surface area contributed by atoms with E-state index in [1.165, 1.54) is 0 Å². The molecule has 0 aliphatic carbocycles. The number of nitrogens with zero attached hydrogens (tertiary/aromatic N) is 3. The van der Waals surface area contributed by atoms with E-state index in [1.54, 1.807) is 18.2 Å². The van der Waals surface area contributed by atoms with Crippen LogP contribution in [0, 0.1) is 6.92 Å². The topological polar surface area (TPSA) is 89.7 Å². The van der Waals surface area contributed by atoms with E-state index in [0.29, 0.717) is 42.2 Å². The molecule has 1 amide bonds. The molecule has 1 heterocycles. The van der Waals surface area contributed by atoms with Crippen LogP contribution >= 0.6 is 0 Å². The van der Waals surface area contributed by atoms with E-state index in [4.69, 9.17) is 13.9 Å². The Morgan fingerprint density at radius 3 is 2.56 bits per heavy atom. The molecular formula is C24H30N4O4. The Labute approximate surface area is 188 Å². The molecular weight excluding hydrogens is 408 g/mol. The third-order valence-electron chi connectivity index (χ3n) is 4.94. The molecule has 0 fully saturated rings. The van der Waals surface area contributed by atoms with Gasteiger partial charge in [-0.15, -0.1) is 10.2 Å². The first-order chi connectivity index (χ1) is 15.4. The zero-order valence-corrected chi connectivity index (χ0v) is 19.2. The summed E-state index contributed by atoms with van der Waals surface area (Å²) in [6.45, 7) is 8.94. The number of carbonyl (C=O) groups is 1. The van der Waals surface area contributed by atoms with E-state index in [2.05, 4.69) is 15.5 Å². The molecule has 0 aliphatic heterocycles.